The third kappa shape index (κ3) is 1.70. The molecule has 0 unspecified atom stereocenters. The Hall–Kier alpha value is -0.960. The summed E-state index contributed by atoms with van der Waals surface area (Å²) in [4.78, 5) is 0.233. The second kappa shape index (κ2) is 4.28. The maximum atomic E-state index is 4.73. The molecule has 3 heteroatoms. The highest BCUT2D eigenvalue weighted by molar-refractivity contribution is 8.15. The molecule has 3 aliphatic carbocycles. The number of hydrazone groups is 1. The van der Waals surface area contributed by atoms with Gasteiger partial charge in [0.05, 0.1) is 0 Å². The van der Waals surface area contributed by atoms with Crippen molar-refractivity contribution >= 4 is 16.8 Å². The highest BCUT2D eigenvalue weighted by atomic mass is 32.2. The highest BCUT2D eigenvalue weighted by Crippen LogP contribution is 2.66. The third-order valence-corrected chi connectivity index (χ3v) is 7.84. The summed E-state index contributed by atoms with van der Waals surface area (Å²) in [5.74, 6) is 3.85. The smallest absolute Gasteiger partial charge is 0.126 e. The molecule has 1 aromatic rings. The molecule has 4 aliphatic rings. The summed E-state index contributed by atoms with van der Waals surface area (Å²) in [6, 6.07) is 8.81. The van der Waals surface area contributed by atoms with Gasteiger partial charge in [0.25, 0.3) is 0 Å². The Kier molecular flexibility index (Phi) is 2.56. The summed E-state index contributed by atoms with van der Waals surface area (Å²) in [5.41, 5.74) is 6.19. The van der Waals surface area contributed by atoms with E-state index in [1.165, 1.54) is 48.3 Å². The van der Waals surface area contributed by atoms with Gasteiger partial charge in [0.1, 0.15) is 9.91 Å². The number of hydrogen-bond acceptors (Lipinski definition) is 3. The molecule has 1 heterocycles. The van der Waals surface area contributed by atoms with Crippen LogP contribution in [-0.4, -0.2) is 9.91 Å². The minimum absolute atomic E-state index is 0.233. The Morgan fingerprint density at radius 2 is 2.00 bits per heavy atom. The van der Waals surface area contributed by atoms with Crippen LogP contribution in [0.3, 0.4) is 0 Å². The Labute approximate surface area is 130 Å². The van der Waals surface area contributed by atoms with E-state index in [1.807, 2.05) is 11.8 Å². The maximum absolute atomic E-state index is 4.73. The molecule has 0 aromatic heterocycles. The average Bonchev–Trinajstić information content (AvgIpc) is 3.22. The van der Waals surface area contributed by atoms with Crippen molar-refractivity contribution in [2.75, 3.05) is 0 Å². The molecule has 110 valence electrons. The second-order valence-corrected chi connectivity index (χ2v) is 8.77. The van der Waals surface area contributed by atoms with E-state index in [0.29, 0.717) is 0 Å². The molecular weight excluding hydrogens is 276 g/mol. The van der Waals surface area contributed by atoms with E-state index in [4.69, 9.17) is 5.10 Å². The normalized spacial score (nSPS) is 43.2. The van der Waals surface area contributed by atoms with Gasteiger partial charge in [0.2, 0.25) is 0 Å². The predicted molar refractivity (Wildman–Crippen MR) is 88.2 cm³/mol. The number of hydrogen-bond donors (Lipinski definition) is 1. The predicted octanol–water partition coefficient (Wildman–Crippen LogP) is 4.15. The summed E-state index contributed by atoms with van der Waals surface area (Å²) >= 11 is 2.03. The molecule has 1 N–H and O–H groups in total. The SMILES string of the molecule is Cc1ccc(C2=NN[C@]3(C[C@H]4C[C@H]3[C@H]3CCC[C@@H]43)S2)cc1. The zero-order valence-electron chi connectivity index (χ0n) is 12.5. The number of nitrogens with one attached hydrogen (secondary N) is 1. The van der Waals surface area contributed by atoms with Crippen molar-refractivity contribution in [3.05, 3.63) is 35.4 Å². The summed E-state index contributed by atoms with van der Waals surface area (Å²) < 4.78 is 0. The van der Waals surface area contributed by atoms with Gasteiger partial charge in [-0.05, 0) is 56.3 Å². The monoisotopic (exact) mass is 298 g/mol. The Bertz CT molecular complexity index is 608. The van der Waals surface area contributed by atoms with Crippen molar-refractivity contribution in [2.24, 2.45) is 28.8 Å². The van der Waals surface area contributed by atoms with E-state index in [0.717, 1.165) is 23.7 Å². The number of rotatable bonds is 1. The van der Waals surface area contributed by atoms with Crippen molar-refractivity contribution in [1.82, 2.24) is 5.43 Å². The first-order valence-electron chi connectivity index (χ1n) is 8.36. The van der Waals surface area contributed by atoms with Crippen LogP contribution in [0.25, 0.3) is 0 Å². The van der Waals surface area contributed by atoms with E-state index in [9.17, 15) is 0 Å². The third-order valence-electron chi connectivity index (χ3n) is 6.39. The number of nitrogens with zero attached hydrogens (tertiary/aromatic N) is 1. The largest absolute Gasteiger partial charge is 0.292 e. The van der Waals surface area contributed by atoms with E-state index in [-0.39, 0.29) is 4.87 Å². The molecule has 1 spiro atoms. The Morgan fingerprint density at radius 3 is 2.86 bits per heavy atom. The van der Waals surface area contributed by atoms with Gasteiger partial charge in [0, 0.05) is 5.56 Å². The lowest BCUT2D eigenvalue weighted by Crippen LogP contribution is -2.45. The molecule has 1 aromatic carbocycles. The highest BCUT2D eigenvalue weighted by Gasteiger charge is 2.63. The topological polar surface area (TPSA) is 24.4 Å². The van der Waals surface area contributed by atoms with Gasteiger partial charge in [0.15, 0.2) is 0 Å². The molecule has 0 saturated heterocycles. The van der Waals surface area contributed by atoms with Crippen LogP contribution in [0.15, 0.2) is 29.4 Å². The molecular formula is C18H22N2S. The van der Waals surface area contributed by atoms with E-state index in [2.05, 4.69) is 36.6 Å². The Balaban J connectivity index is 1.41. The molecule has 0 amide bonds. The Morgan fingerprint density at radius 1 is 1.19 bits per heavy atom. The van der Waals surface area contributed by atoms with Gasteiger partial charge in [-0.15, -0.1) is 0 Å². The van der Waals surface area contributed by atoms with E-state index < -0.39 is 0 Å². The van der Waals surface area contributed by atoms with Crippen LogP contribution in [0.5, 0.6) is 0 Å². The molecule has 5 rings (SSSR count). The first-order chi connectivity index (χ1) is 10.3. The minimum atomic E-state index is 0.233. The quantitative estimate of drug-likeness (QED) is 0.842. The molecule has 21 heavy (non-hydrogen) atoms. The molecule has 5 atom stereocenters. The van der Waals surface area contributed by atoms with Gasteiger partial charge in [-0.3, -0.25) is 5.43 Å². The van der Waals surface area contributed by atoms with E-state index >= 15 is 0 Å². The maximum Gasteiger partial charge on any atom is 0.126 e. The molecule has 0 radical (unpaired) electrons. The number of benzene rings is 1. The lowest BCUT2D eigenvalue weighted by atomic mass is 9.79. The van der Waals surface area contributed by atoms with E-state index in [1.54, 1.807) is 0 Å². The number of fused-ring (bicyclic) bond motifs is 6. The molecule has 1 aliphatic heterocycles. The van der Waals surface area contributed by atoms with Crippen LogP contribution in [-0.2, 0) is 0 Å². The molecule has 2 nitrogen and oxygen atoms in total. The van der Waals surface area contributed by atoms with Crippen molar-refractivity contribution in [3.63, 3.8) is 0 Å². The van der Waals surface area contributed by atoms with Gasteiger partial charge < -0.3 is 0 Å². The summed E-state index contributed by atoms with van der Waals surface area (Å²) in [6.45, 7) is 2.14. The number of thioether (sulfide) groups is 1. The van der Waals surface area contributed by atoms with Gasteiger partial charge in [-0.25, -0.2) is 0 Å². The van der Waals surface area contributed by atoms with Gasteiger partial charge in [-0.2, -0.15) is 5.10 Å². The first-order valence-corrected chi connectivity index (χ1v) is 9.18. The van der Waals surface area contributed by atoms with Crippen LogP contribution in [0.2, 0.25) is 0 Å². The van der Waals surface area contributed by atoms with Crippen LogP contribution in [0, 0.1) is 30.6 Å². The van der Waals surface area contributed by atoms with Crippen LogP contribution >= 0.6 is 11.8 Å². The standard InChI is InChI=1S/C18H22N2S/c1-11-5-7-12(8-6-11)17-19-20-18(21-17)10-13-9-16(18)15-4-2-3-14(13)15/h5-8,13-16,20H,2-4,9-10H2,1H3/t13-,14+,15+,16+,18-/m1/s1. The average molecular weight is 298 g/mol. The summed E-state index contributed by atoms with van der Waals surface area (Å²) in [6.07, 6.45) is 7.22. The molecule has 3 saturated carbocycles. The van der Waals surface area contributed by atoms with Crippen molar-refractivity contribution in [2.45, 2.75) is 43.9 Å². The van der Waals surface area contributed by atoms with Gasteiger partial charge >= 0.3 is 0 Å². The molecule has 3 fully saturated rings. The number of aryl methyl sites for hydroxylation is 1. The zero-order valence-corrected chi connectivity index (χ0v) is 13.3. The minimum Gasteiger partial charge on any atom is -0.292 e. The fourth-order valence-electron chi connectivity index (χ4n) is 5.52. The van der Waals surface area contributed by atoms with Crippen LogP contribution < -0.4 is 5.43 Å². The summed E-state index contributed by atoms with van der Waals surface area (Å²) in [5, 5.41) is 5.94. The van der Waals surface area contributed by atoms with Crippen molar-refractivity contribution < 1.29 is 0 Å². The fraction of sp³-hybridized carbons (Fsp3) is 0.611. The summed E-state index contributed by atoms with van der Waals surface area (Å²) in [7, 11) is 0. The fourth-order valence-corrected chi connectivity index (χ4v) is 7.02. The van der Waals surface area contributed by atoms with Crippen LogP contribution in [0.4, 0.5) is 0 Å². The lowest BCUT2D eigenvalue weighted by Gasteiger charge is -2.38. The zero-order chi connectivity index (χ0) is 14.0. The van der Waals surface area contributed by atoms with Crippen molar-refractivity contribution in [1.29, 1.82) is 0 Å². The first kappa shape index (κ1) is 12.6. The second-order valence-electron chi connectivity index (χ2n) is 7.45. The van der Waals surface area contributed by atoms with Gasteiger partial charge in [-0.1, -0.05) is 48.0 Å². The van der Waals surface area contributed by atoms with Crippen LogP contribution in [0.1, 0.15) is 43.2 Å². The molecule has 2 bridgehead atoms. The van der Waals surface area contributed by atoms with Crippen molar-refractivity contribution in [3.8, 4) is 0 Å². The lowest BCUT2D eigenvalue weighted by molar-refractivity contribution is 0.192.